The van der Waals surface area contributed by atoms with Gasteiger partial charge in [-0.3, -0.25) is 0 Å². The minimum Gasteiger partial charge on any atom is -0.0989 e. The highest BCUT2D eigenvalue weighted by atomic mass is 32.2. The zero-order valence-corrected chi connectivity index (χ0v) is 12.2. The standard InChI is InChI=1S/C14H26S/c1-8-12(7)14(11(5)6)15-13(9-2)10(3)4/h9-11H,8H2,1-7H3/b13-9-,14-12-. The van der Waals surface area contributed by atoms with Gasteiger partial charge in [0, 0.05) is 0 Å². The predicted octanol–water partition coefficient (Wildman–Crippen LogP) is 5.62. The molecule has 0 unspecified atom stereocenters. The smallest absolute Gasteiger partial charge is 0.00910 e. The Morgan fingerprint density at radius 3 is 1.93 bits per heavy atom. The van der Waals surface area contributed by atoms with Gasteiger partial charge in [-0.15, -0.1) is 0 Å². The van der Waals surface area contributed by atoms with Crippen LogP contribution in [0.5, 0.6) is 0 Å². The Hall–Kier alpha value is -0.170. The molecule has 0 rings (SSSR count). The molecular weight excluding hydrogens is 200 g/mol. The summed E-state index contributed by atoms with van der Waals surface area (Å²) in [4.78, 5) is 3.05. The van der Waals surface area contributed by atoms with Gasteiger partial charge >= 0.3 is 0 Å². The minimum atomic E-state index is 0.637. The summed E-state index contributed by atoms with van der Waals surface area (Å²) in [5, 5.41) is 0. The molecule has 0 bridgehead atoms. The van der Waals surface area contributed by atoms with Gasteiger partial charge in [-0.05, 0) is 41.9 Å². The quantitative estimate of drug-likeness (QED) is 0.586. The molecule has 0 aromatic rings. The van der Waals surface area contributed by atoms with Crippen LogP contribution in [-0.4, -0.2) is 0 Å². The van der Waals surface area contributed by atoms with E-state index >= 15 is 0 Å². The molecule has 0 nitrogen and oxygen atoms in total. The van der Waals surface area contributed by atoms with E-state index in [2.05, 4.69) is 54.5 Å². The van der Waals surface area contributed by atoms with Gasteiger partial charge in [-0.1, -0.05) is 58.0 Å². The third-order valence-corrected chi connectivity index (χ3v) is 4.54. The number of allylic oxidation sites excluding steroid dienone is 4. The zero-order valence-electron chi connectivity index (χ0n) is 11.3. The molecule has 88 valence electrons. The molecule has 0 aliphatic heterocycles. The van der Waals surface area contributed by atoms with Crippen molar-refractivity contribution in [1.29, 1.82) is 0 Å². The average molecular weight is 226 g/mol. The predicted molar refractivity (Wildman–Crippen MR) is 74.0 cm³/mol. The van der Waals surface area contributed by atoms with Crippen molar-refractivity contribution in [2.75, 3.05) is 0 Å². The van der Waals surface area contributed by atoms with Crippen molar-refractivity contribution >= 4 is 11.8 Å². The summed E-state index contributed by atoms with van der Waals surface area (Å²) < 4.78 is 0. The second kappa shape index (κ2) is 7.16. The minimum absolute atomic E-state index is 0.637. The van der Waals surface area contributed by atoms with Crippen LogP contribution in [0.3, 0.4) is 0 Å². The summed E-state index contributed by atoms with van der Waals surface area (Å²) in [6.45, 7) is 15.7. The normalized spacial score (nSPS) is 14.9. The summed E-state index contributed by atoms with van der Waals surface area (Å²) in [5.41, 5.74) is 1.54. The molecule has 0 spiro atoms. The Balaban J connectivity index is 4.86. The van der Waals surface area contributed by atoms with E-state index in [-0.39, 0.29) is 0 Å². The van der Waals surface area contributed by atoms with Crippen LogP contribution in [0.1, 0.15) is 54.9 Å². The fraction of sp³-hybridized carbons (Fsp3) is 0.714. The second-order valence-corrected chi connectivity index (χ2v) is 5.72. The number of thioether (sulfide) groups is 1. The van der Waals surface area contributed by atoms with Crippen molar-refractivity contribution in [3.63, 3.8) is 0 Å². The van der Waals surface area contributed by atoms with Crippen molar-refractivity contribution in [3.8, 4) is 0 Å². The van der Waals surface area contributed by atoms with Crippen LogP contribution in [0.2, 0.25) is 0 Å². The maximum absolute atomic E-state index is 2.29. The van der Waals surface area contributed by atoms with Crippen LogP contribution in [0.25, 0.3) is 0 Å². The summed E-state index contributed by atoms with van der Waals surface area (Å²) in [5.74, 6) is 1.28. The van der Waals surface area contributed by atoms with E-state index in [4.69, 9.17) is 0 Å². The molecule has 15 heavy (non-hydrogen) atoms. The summed E-state index contributed by atoms with van der Waals surface area (Å²) >= 11 is 1.98. The van der Waals surface area contributed by atoms with Crippen molar-refractivity contribution in [2.24, 2.45) is 11.8 Å². The van der Waals surface area contributed by atoms with Crippen LogP contribution in [0.4, 0.5) is 0 Å². The molecule has 0 aliphatic carbocycles. The summed E-state index contributed by atoms with van der Waals surface area (Å²) in [7, 11) is 0. The fourth-order valence-corrected chi connectivity index (χ4v) is 2.67. The van der Waals surface area contributed by atoms with Gasteiger partial charge in [0.25, 0.3) is 0 Å². The van der Waals surface area contributed by atoms with Gasteiger partial charge in [-0.25, -0.2) is 0 Å². The first-order valence-corrected chi connectivity index (χ1v) is 6.79. The van der Waals surface area contributed by atoms with E-state index < -0.39 is 0 Å². The van der Waals surface area contributed by atoms with Crippen LogP contribution < -0.4 is 0 Å². The molecular formula is C14H26S. The lowest BCUT2D eigenvalue weighted by Gasteiger charge is -2.18. The lowest BCUT2D eigenvalue weighted by atomic mass is 10.1. The van der Waals surface area contributed by atoms with Crippen molar-refractivity contribution < 1.29 is 0 Å². The molecule has 0 atom stereocenters. The molecule has 0 saturated heterocycles. The maximum atomic E-state index is 2.29. The fourth-order valence-electron chi connectivity index (χ4n) is 1.51. The Kier molecular flexibility index (Phi) is 7.08. The van der Waals surface area contributed by atoms with E-state index in [9.17, 15) is 0 Å². The molecule has 0 saturated carbocycles. The lowest BCUT2D eigenvalue weighted by Crippen LogP contribution is -1.97. The van der Waals surface area contributed by atoms with E-state index in [1.807, 2.05) is 11.8 Å². The van der Waals surface area contributed by atoms with E-state index in [0.29, 0.717) is 11.8 Å². The van der Waals surface area contributed by atoms with Crippen molar-refractivity contribution in [3.05, 3.63) is 21.5 Å². The Morgan fingerprint density at radius 2 is 1.67 bits per heavy atom. The molecule has 0 radical (unpaired) electrons. The van der Waals surface area contributed by atoms with Crippen LogP contribution in [-0.2, 0) is 0 Å². The van der Waals surface area contributed by atoms with Gasteiger partial charge in [-0.2, -0.15) is 0 Å². The SMILES string of the molecule is C/C=C(\S/C(=C(/C)CC)C(C)C)C(C)C. The first-order valence-electron chi connectivity index (χ1n) is 5.97. The number of hydrogen-bond acceptors (Lipinski definition) is 1. The van der Waals surface area contributed by atoms with E-state index in [1.165, 1.54) is 10.5 Å². The van der Waals surface area contributed by atoms with Crippen LogP contribution in [0.15, 0.2) is 21.5 Å². The monoisotopic (exact) mass is 226 g/mol. The molecule has 0 fully saturated rings. The highest BCUT2D eigenvalue weighted by molar-refractivity contribution is 8.06. The average Bonchev–Trinajstić information content (AvgIpc) is 2.17. The largest absolute Gasteiger partial charge is 0.0989 e. The Bertz CT molecular complexity index is 244. The Labute approximate surface area is 100 Å². The molecule has 0 N–H and O–H groups in total. The van der Waals surface area contributed by atoms with Gasteiger partial charge < -0.3 is 0 Å². The first-order chi connectivity index (χ1) is 6.93. The highest BCUT2D eigenvalue weighted by Gasteiger charge is 2.12. The van der Waals surface area contributed by atoms with Crippen LogP contribution in [0, 0.1) is 11.8 Å². The van der Waals surface area contributed by atoms with Gasteiger partial charge in [0.1, 0.15) is 0 Å². The maximum Gasteiger partial charge on any atom is -0.00910 e. The lowest BCUT2D eigenvalue weighted by molar-refractivity contribution is 0.790. The molecule has 0 aromatic heterocycles. The second-order valence-electron chi connectivity index (χ2n) is 4.60. The highest BCUT2D eigenvalue weighted by Crippen LogP contribution is 2.37. The van der Waals surface area contributed by atoms with Gasteiger partial charge in [0.2, 0.25) is 0 Å². The van der Waals surface area contributed by atoms with Crippen molar-refractivity contribution in [2.45, 2.75) is 54.9 Å². The van der Waals surface area contributed by atoms with E-state index in [0.717, 1.165) is 6.42 Å². The van der Waals surface area contributed by atoms with Gasteiger partial charge in [0.15, 0.2) is 0 Å². The number of rotatable bonds is 5. The van der Waals surface area contributed by atoms with Gasteiger partial charge in [0.05, 0.1) is 0 Å². The first kappa shape index (κ1) is 14.8. The zero-order chi connectivity index (χ0) is 12.0. The Morgan fingerprint density at radius 1 is 1.13 bits per heavy atom. The van der Waals surface area contributed by atoms with E-state index in [1.54, 1.807) is 4.91 Å². The molecule has 0 aliphatic rings. The third-order valence-electron chi connectivity index (χ3n) is 2.56. The molecule has 0 heterocycles. The van der Waals surface area contributed by atoms with Crippen molar-refractivity contribution in [1.82, 2.24) is 0 Å². The third kappa shape index (κ3) is 4.92. The molecule has 0 aromatic carbocycles. The summed E-state index contributed by atoms with van der Waals surface area (Å²) in [6, 6.07) is 0. The topological polar surface area (TPSA) is 0 Å². The number of hydrogen-bond donors (Lipinski definition) is 0. The summed E-state index contributed by atoms with van der Waals surface area (Å²) in [6.07, 6.45) is 3.41. The molecule has 0 amide bonds. The van der Waals surface area contributed by atoms with Crippen LogP contribution >= 0.6 is 11.8 Å². The molecule has 1 heteroatoms.